The molecule has 27 heavy (non-hydrogen) atoms. The molecule has 7 nitrogen and oxygen atoms in total. The number of nitrogens with zero attached hydrogens (tertiary/aromatic N) is 1. The monoisotopic (exact) mass is 403 g/mol. The van der Waals surface area contributed by atoms with Gasteiger partial charge in [-0.2, -0.15) is 13.2 Å². The van der Waals surface area contributed by atoms with Gasteiger partial charge in [0.2, 0.25) is 15.9 Å². The molecule has 1 aromatic heterocycles. The van der Waals surface area contributed by atoms with Crippen molar-refractivity contribution in [2.24, 2.45) is 5.14 Å². The zero-order valence-electron chi connectivity index (χ0n) is 14.3. The van der Waals surface area contributed by atoms with Gasteiger partial charge in [-0.1, -0.05) is 0 Å². The fourth-order valence-corrected chi connectivity index (χ4v) is 2.91. The lowest BCUT2D eigenvalue weighted by Gasteiger charge is -2.14. The molecule has 1 aromatic carbocycles. The Morgan fingerprint density at radius 3 is 2.41 bits per heavy atom. The van der Waals surface area contributed by atoms with Crippen molar-refractivity contribution in [3.63, 3.8) is 0 Å². The van der Waals surface area contributed by atoms with Crippen molar-refractivity contribution in [1.29, 1.82) is 0 Å². The number of amides is 1. The average molecular weight is 403 g/mol. The number of pyridine rings is 1. The van der Waals surface area contributed by atoms with Crippen LogP contribution in [0.1, 0.15) is 16.7 Å². The van der Waals surface area contributed by atoms with Crippen molar-refractivity contribution < 1.29 is 26.4 Å². The van der Waals surface area contributed by atoms with Gasteiger partial charge in [-0.05, 0) is 43.2 Å². The third-order valence-electron chi connectivity index (χ3n) is 3.87. The lowest BCUT2D eigenvalue weighted by atomic mass is 10.1. The molecule has 0 aliphatic rings. The first kappa shape index (κ1) is 20.6. The zero-order valence-corrected chi connectivity index (χ0v) is 15.1. The van der Waals surface area contributed by atoms with Crippen LogP contribution in [0.25, 0.3) is 0 Å². The maximum atomic E-state index is 12.8. The van der Waals surface area contributed by atoms with Crippen LogP contribution in [0.3, 0.4) is 0 Å². The molecule has 0 atom stereocenters. The van der Waals surface area contributed by atoms with Crippen LogP contribution in [-0.2, 0) is 27.5 Å². The highest BCUT2D eigenvalue weighted by atomic mass is 32.2. The molecule has 0 unspecified atom stereocenters. The van der Waals surface area contributed by atoms with Crippen molar-refractivity contribution >= 4 is 21.6 Å². The minimum absolute atomic E-state index is 0.129. The standard InChI is InChI=1S/C16H16F3N3O4S/c1-9-5-12(27(20,25)26)6-13(10(9)2)21-14(23)8-22-7-11(16(17,18)19)3-4-15(22)24/h3-7H,8H2,1-2H3,(H,21,23)(H2,20,25,26). The summed E-state index contributed by atoms with van der Waals surface area (Å²) in [6, 6.07) is 3.81. The van der Waals surface area contributed by atoms with Crippen LogP contribution in [0, 0.1) is 13.8 Å². The van der Waals surface area contributed by atoms with Gasteiger partial charge in [-0.25, -0.2) is 13.6 Å². The molecule has 2 rings (SSSR count). The van der Waals surface area contributed by atoms with Crippen LogP contribution in [0.4, 0.5) is 18.9 Å². The van der Waals surface area contributed by atoms with Crippen LogP contribution < -0.4 is 16.0 Å². The molecule has 2 aromatic rings. The third-order valence-corrected chi connectivity index (χ3v) is 4.76. The SMILES string of the molecule is Cc1cc(S(N)(=O)=O)cc(NC(=O)Cn2cc(C(F)(F)F)ccc2=O)c1C. The first-order valence-electron chi connectivity index (χ1n) is 7.50. The van der Waals surface area contributed by atoms with Gasteiger partial charge in [0.15, 0.2) is 0 Å². The molecule has 0 aliphatic heterocycles. The van der Waals surface area contributed by atoms with Gasteiger partial charge in [0.25, 0.3) is 5.56 Å². The summed E-state index contributed by atoms with van der Waals surface area (Å²) in [4.78, 5) is 23.7. The van der Waals surface area contributed by atoms with E-state index in [0.717, 1.165) is 6.07 Å². The number of aryl methyl sites for hydroxylation is 1. The molecular weight excluding hydrogens is 387 g/mol. The van der Waals surface area contributed by atoms with Gasteiger partial charge in [-0.3, -0.25) is 9.59 Å². The van der Waals surface area contributed by atoms with E-state index in [1.165, 1.54) is 6.07 Å². The van der Waals surface area contributed by atoms with E-state index in [1.54, 1.807) is 13.8 Å². The summed E-state index contributed by atoms with van der Waals surface area (Å²) >= 11 is 0. The largest absolute Gasteiger partial charge is 0.417 e. The van der Waals surface area contributed by atoms with Gasteiger partial charge < -0.3 is 9.88 Å². The summed E-state index contributed by atoms with van der Waals surface area (Å²) < 4.78 is 61.9. The zero-order chi connectivity index (χ0) is 20.6. The van der Waals surface area contributed by atoms with E-state index in [0.29, 0.717) is 34.0 Å². The van der Waals surface area contributed by atoms with Gasteiger partial charge >= 0.3 is 6.18 Å². The molecular formula is C16H16F3N3O4S. The van der Waals surface area contributed by atoms with Gasteiger partial charge in [-0.15, -0.1) is 0 Å². The second-order valence-corrected chi connectivity index (χ2v) is 7.45. The second-order valence-electron chi connectivity index (χ2n) is 5.89. The third kappa shape index (κ3) is 4.95. The van der Waals surface area contributed by atoms with Crippen LogP contribution in [0.5, 0.6) is 0 Å². The smallest absolute Gasteiger partial charge is 0.324 e. The van der Waals surface area contributed by atoms with E-state index in [1.807, 2.05) is 0 Å². The normalized spacial score (nSPS) is 12.1. The Hall–Kier alpha value is -2.66. The average Bonchev–Trinajstić information content (AvgIpc) is 2.51. The molecule has 0 saturated carbocycles. The highest BCUT2D eigenvalue weighted by Gasteiger charge is 2.31. The fourth-order valence-electron chi connectivity index (χ4n) is 2.29. The first-order valence-corrected chi connectivity index (χ1v) is 9.05. The number of primary sulfonamides is 1. The molecule has 0 aliphatic carbocycles. The minimum atomic E-state index is -4.66. The number of hydrogen-bond acceptors (Lipinski definition) is 4. The number of carbonyl (C=O) groups is 1. The van der Waals surface area contributed by atoms with Crippen molar-refractivity contribution in [3.8, 4) is 0 Å². The molecule has 0 bridgehead atoms. The predicted molar refractivity (Wildman–Crippen MR) is 91.6 cm³/mol. The molecule has 146 valence electrons. The van der Waals surface area contributed by atoms with Crippen molar-refractivity contribution in [3.05, 3.63) is 57.5 Å². The highest BCUT2D eigenvalue weighted by Crippen LogP contribution is 2.28. The number of halogens is 3. The molecule has 0 spiro atoms. The number of nitrogens with two attached hydrogens (primary N) is 1. The van der Waals surface area contributed by atoms with Crippen LogP contribution in [0.15, 0.2) is 40.2 Å². The maximum Gasteiger partial charge on any atom is 0.417 e. The van der Waals surface area contributed by atoms with E-state index >= 15 is 0 Å². The molecule has 0 fully saturated rings. The number of carbonyl (C=O) groups excluding carboxylic acids is 1. The Balaban J connectivity index is 2.32. The summed E-state index contributed by atoms with van der Waals surface area (Å²) in [6.07, 6.45) is -4.12. The van der Waals surface area contributed by atoms with Gasteiger partial charge in [0, 0.05) is 18.0 Å². The molecule has 1 amide bonds. The molecule has 3 N–H and O–H groups in total. The number of sulfonamides is 1. The highest BCUT2D eigenvalue weighted by molar-refractivity contribution is 7.89. The van der Waals surface area contributed by atoms with E-state index in [9.17, 15) is 31.2 Å². The first-order chi connectivity index (χ1) is 12.3. The summed E-state index contributed by atoms with van der Waals surface area (Å²) in [5, 5.41) is 7.48. The molecule has 0 saturated heterocycles. The Morgan fingerprint density at radius 1 is 1.22 bits per heavy atom. The summed E-state index contributed by atoms with van der Waals surface area (Å²) in [7, 11) is -4.02. The number of rotatable bonds is 4. The fraction of sp³-hybridized carbons (Fsp3) is 0.250. The number of nitrogens with one attached hydrogen (secondary N) is 1. The van der Waals surface area contributed by atoms with Crippen LogP contribution >= 0.6 is 0 Å². The van der Waals surface area contributed by atoms with Crippen molar-refractivity contribution in [2.45, 2.75) is 31.5 Å². The van der Waals surface area contributed by atoms with Crippen molar-refractivity contribution in [2.75, 3.05) is 5.32 Å². The van der Waals surface area contributed by atoms with E-state index < -0.39 is 39.8 Å². The lowest BCUT2D eigenvalue weighted by Crippen LogP contribution is -2.28. The summed E-state index contributed by atoms with van der Waals surface area (Å²) in [6.45, 7) is 2.55. The molecule has 0 radical (unpaired) electrons. The molecule has 1 heterocycles. The number of aromatic nitrogens is 1. The van der Waals surface area contributed by atoms with Gasteiger partial charge in [0.1, 0.15) is 6.54 Å². The van der Waals surface area contributed by atoms with Crippen LogP contribution in [0.2, 0.25) is 0 Å². The predicted octanol–water partition coefficient (Wildman–Crippen LogP) is 1.77. The second kappa shape index (κ2) is 7.16. The summed E-state index contributed by atoms with van der Waals surface area (Å²) in [5.41, 5.74) is -0.647. The Morgan fingerprint density at radius 2 is 1.85 bits per heavy atom. The molecule has 11 heteroatoms. The summed E-state index contributed by atoms with van der Waals surface area (Å²) in [5.74, 6) is -0.800. The van der Waals surface area contributed by atoms with Crippen molar-refractivity contribution in [1.82, 2.24) is 4.57 Å². The van der Waals surface area contributed by atoms with E-state index in [2.05, 4.69) is 5.32 Å². The number of alkyl halides is 3. The number of anilines is 1. The lowest BCUT2D eigenvalue weighted by molar-refractivity contribution is -0.138. The Kier molecular flexibility index (Phi) is 5.47. The van der Waals surface area contributed by atoms with E-state index in [-0.39, 0.29) is 10.6 Å². The van der Waals surface area contributed by atoms with E-state index in [4.69, 9.17) is 5.14 Å². The quantitative estimate of drug-likeness (QED) is 0.810. The van der Waals surface area contributed by atoms with Crippen LogP contribution in [-0.4, -0.2) is 18.9 Å². The number of hydrogen-bond donors (Lipinski definition) is 2. The Bertz CT molecular complexity index is 1060. The van der Waals surface area contributed by atoms with Gasteiger partial charge in [0.05, 0.1) is 10.5 Å². The maximum absolute atomic E-state index is 12.8. The number of benzene rings is 1. The Labute approximate surface area is 152 Å². The topological polar surface area (TPSA) is 111 Å². The minimum Gasteiger partial charge on any atom is -0.324 e.